The van der Waals surface area contributed by atoms with Gasteiger partial charge in [-0.3, -0.25) is 4.79 Å². The average molecular weight is 260 g/mol. The van der Waals surface area contributed by atoms with Crippen LogP contribution in [0.1, 0.15) is 26.7 Å². The van der Waals surface area contributed by atoms with Gasteiger partial charge in [0.1, 0.15) is 6.04 Å². The van der Waals surface area contributed by atoms with E-state index in [1.807, 2.05) is 6.92 Å². The molecule has 0 aliphatic heterocycles. The summed E-state index contributed by atoms with van der Waals surface area (Å²) in [5, 5.41) is 13.5. The normalized spacial score (nSPS) is 13.3. The highest BCUT2D eigenvalue weighted by Crippen LogP contribution is 2.03. The van der Waals surface area contributed by atoms with Crippen LogP contribution in [0.4, 0.5) is 4.79 Å². The van der Waals surface area contributed by atoms with E-state index in [1.54, 1.807) is 0 Å². The molecule has 7 heteroatoms. The molecule has 0 aliphatic carbocycles. The summed E-state index contributed by atoms with van der Waals surface area (Å²) in [4.78, 5) is 32.7. The first-order chi connectivity index (χ1) is 8.36. The highest BCUT2D eigenvalue weighted by molar-refractivity contribution is 5.83. The minimum atomic E-state index is -0.856. The Bertz CT molecular complexity index is 306. The van der Waals surface area contributed by atoms with E-state index in [0.717, 1.165) is 0 Å². The van der Waals surface area contributed by atoms with Gasteiger partial charge in [0.2, 0.25) is 0 Å². The van der Waals surface area contributed by atoms with Gasteiger partial charge in [0.05, 0.1) is 7.11 Å². The van der Waals surface area contributed by atoms with Crippen LogP contribution in [0, 0.1) is 5.92 Å². The molecule has 0 aromatic rings. The van der Waals surface area contributed by atoms with Crippen molar-refractivity contribution >= 4 is 18.0 Å². The van der Waals surface area contributed by atoms with Gasteiger partial charge in [0.25, 0.3) is 0 Å². The van der Waals surface area contributed by atoms with E-state index in [1.165, 1.54) is 14.0 Å². The Morgan fingerprint density at radius 2 is 1.89 bits per heavy atom. The molecule has 0 saturated carbocycles. The molecule has 2 atom stereocenters. The predicted molar refractivity (Wildman–Crippen MR) is 64.0 cm³/mol. The van der Waals surface area contributed by atoms with Crippen molar-refractivity contribution in [3.63, 3.8) is 0 Å². The van der Waals surface area contributed by atoms with E-state index in [4.69, 9.17) is 5.11 Å². The highest BCUT2D eigenvalue weighted by Gasteiger charge is 2.15. The van der Waals surface area contributed by atoms with Crippen LogP contribution in [0.2, 0.25) is 0 Å². The van der Waals surface area contributed by atoms with Crippen molar-refractivity contribution in [3.8, 4) is 0 Å². The van der Waals surface area contributed by atoms with Gasteiger partial charge in [-0.05, 0) is 19.3 Å². The molecule has 7 nitrogen and oxygen atoms in total. The van der Waals surface area contributed by atoms with Crippen molar-refractivity contribution in [1.82, 2.24) is 10.6 Å². The fraction of sp³-hybridized carbons (Fsp3) is 0.727. The van der Waals surface area contributed by atoms with E-state index in [9.17, 15) is 14.4 Å². The topological polar surface area (TPSA) is 105 Å². The minimum Gasteiger partial charge on any atom is -0.481 e. The summed E-state index contributed by atoms with van der Waals surface area (Å²) in [6, 6.07) is -1.19. The highest BCUT2D eigenvalue weighted by atomic mass is 16.5. The molecule has 0 fully saturated rings. The largest absolute Gasteiger partial charge is 0.481 e. The lowest BCUT2D eigenvalue weighted by Crippen LogP contribution is -2.45. The number of rotatable bonds is 7. The number of esters is 1. The van der Waals surface area contributed by atoms with Crippen molar-refractivity contribution in [2.45, 2.75) is 32.7 Å². The van der Waals surface area contributed by atoms with Crippen LogP contribution in [-0.4, -0.2) is 42.8 Å². The maximum Gasteiger partial charge on any atom is 0.328 e. The van der Waals surface area contributed by atoms with Crippen LogP contribution < -0.4 is 10.6 Å². The van der Waals surface area contributed by atoms with Crippen molar-refractivity contribution in [1.29, 1.82) is 0 Å². The smallest absolute Gasteiger partial charge is 0.328 e. The van der Waals surface area contributed by atoms with Crippen LogP contribution in [0.15, 0.2) is 0 Å². The standard InChI is InChI=1S/C11H20N2O5/c1-7(4-5-9(14)15)6-12-11(17)13-8(2)10(16)18-3/h7-8H,4-6H2,1-3H3,(H,14,15)(H2,12,13,17). The number of hydrogen-bond acceptors (Lipinski definition) is 4. The molecule has 0 aromatic carbocycles. The molecule has 0 radical (unpaired) electrons. The van der Waals surface area contributed by atoms with Crippen LogP contribution in [-0.2, 0) is 14.3 Å². The van der Waals surface area contributed by atoms with Crippen molar-refractivity contribution in [2.24, 2.45) is 5.92 Å². The summed E-state index contributed by atoms with van der Waals surface area (Å²) >= 11 is 0. The molecular formula is C11H20N2O5. The molecule has 2 amide bonds. The van der Waals surface area contributed by atoms with Crippen molar-refractivity contribution in [3.05, 3.63) is 0 Å². The molecule has 3 N–H and O–H groups in total. The number of urea groups is 1. The summed E-state index contributed by atoms with van der Waals surface area (Å²) < 4.78 is 4.46. The van der Waals surface area contributed by atoms with E-state index in [-0.39, 0.29) is 12.3 Å². The van der Waals surface area contributed by atoms with E-state index in [0.29, 0.717) is 13.0 Å². The number of carbonyl (C=O) groups excluding carboxylic acids is 2. The SMILES string of the molecule is COC(=O)C(C)NC(=O)NCC(C)CCC(=O)O. The van der Waals surface area contributed by atoms with Gasteiger partial charge in [-0.15, -0.1) is 0 Å². The van der Waals surface area contributed by atoms with Crippen molar-refractivity contribution in [2.75, 3.05) is 13.7 Å². The summed E-state index contributed by atoms with van der Waals surface area (Å²) in [5.74, 6) is -1.32. The summed E-state index contributed by atoms with van der Waals surface area (Å²) in [5.41, 5.74) is 0. The molecule has 0 aliphatic rings. The molecule has 0 spiro atoms. The van der Waals surface area contributed by atoms with Gasteiger partial charge >= 0.3 is 18.0 Å². The second kappa shape index (κ2) is 8.32. The summed E-state index contributed by atoms with van der Waals surface area (Å²) in [7, 11) is 1.24. The van der Waals surface area contributed by atoms with Gasteiger partial charge in [-0.25, -0.2) is 9.59 Å². The van der Waals surface area contributed by atoms with E-state index >= 15 is 0 Å². The number of carboxylic acid groups (broad SMARTS) is 1. The van der Waals surface area contributed by atoms with Gasteiger partial charge in [0, 0.05) is 13.0 Å². The van der Waals surface area contributed by atoms with Gasteiger partial charge in [-0.1, -0.05) is 6.92 Å². The fourth-order valence-corrected chi connectivity index (χ4v) is 1.22. The molecule has 0 aromatic heterocycles. The Kier molecular flexibility index (Phi) is 7.50. The monoisotopic (exact) mass is 260 g/mol. The second-order valence-electron chi connectivity index (χ2n) is 4.14. The lowest BCUT2D eigenvalue weighted by molar-refractivity contribution is -0.142. The second-order valence-corrected chi connectivity index (χ2v) is 4.14. The third-order valence-electron chi connectivity index (χ3n) is 2.36. The van der Waals surface area contributed by atoms with Gasteiger partial charge in [0.15, 0.2) is 0 Å². The minimum absolute atomic E-state index is 0.0558. The zero-order chi connectivity index (χ0) is 14.1. The Labute approximate surface area is 106 Å². The summed E-state index contributed by atoms with van der Waals surface area (Å²) in [6.07, 6.45) is 0.561. The zero-order valence-corrected chi connectivity index (χ0v) is 10.9. The Hall–Kier alpha value is -1.79. The lowest BCUT2D eigenvalue weighted by Gasteiger charge is -2.15. The number of ether oxygens (including phenoxy) is 1. The Morgan fingerprint density at radius 1 is 1.28 bits per heavy atom. The first-order valence-electron chi connectivity index (χ1n) is 5.70. The molecule has 18 heavy (non-hydrogen) atoms. The lowest BCUT2D eigenvalue weighted by atomic mass is 10.1. The zero-order valence-electron chi connectivity index (χ0n) is 10.9. The Balaban J connectivity index is 3.82. The number of amides is 2. The fourth-order valence-electron chi connectivity index (χ4n) is 1.22. The summed E-state index contributed by atoms with van der Waals surface area (Å²) in [6.45, 7) is 3.71. The molecule has 104 valence electrons. The molecule has 0 heterocycles. The van der Waals surface area contributed by atoms with E-state index in [2.05, 4.69) is 15.4 Å². The maximum absolute atomic E-state index is 11.4. The molecule has 0 bridgehead atoms. The number of aliphatic carboxylic acids is 1. The van der Waals surface area contributed by atoms with Crippen molar-refractivity contribution < 1.29 is 24.2 Å². The molecule has 2 unspecified atom stereocenters. The third kappa shape index (κ3) is 7.48. The first kappa shape index (κ1) is 16.2. The van der Waals surface area contributed by atoms with Crippen LogP contribution in [0.25, 0.3) is 0 Å². The molecular weight excluding hydrogens is 240 g/mol. The molecule has 0 rings (SSSR count). The Morgan fingerprint density at radius 3 is 2.39 bits per heavy atom. The van der Waals surface area contributed by atoms with Crippen LogP contribution in [0.3, 0.4) is 0 Å². The average Bonchev–Trinajstić information content (AvgIpc) is 2.32. The van der Waals surface area contributed by atoms with E-state index < -0.39 is 24.0 Å². The number of methoxy groups -OCH3 is 1. The third-order valence-corrected chi connectivity index (χ3v) is 2.36. The molecule has 0 saturated heterocycles. The van der Waals surface area contributed by atoms with Crippen LogP contribution >= 0.6 is 0 Å². The maximum atomic E-state index is 11.4. The number of carbonyl (C=O) groups is 3. The number of hydrogen-bond donors (Lipinski definition) is 3. The first-order valence-corrected chi connectivity index (χ1v) is 5.70. The number of carboxylic acids is 1. The predicted octanol–water partition coefficient (Wildman–Crippen LogP) is 0.348. The van der Waals surface area contributed by atoms with Gasteiger partial charge < -0.3 is 20.5 Å². The van der Waals surface area contributed by atoms with Gasteiger partial charge in [-0.2, -0.15) is 0 Å². The number of nitrogens with one attached hydrogen (secondary N) is 2. The van der Waals surface area contributed by atoms with Crippen LogP contribution in [0.5, 0.6) is 0 Å². The quantitative estimate of drug-likeness (QED) is 0.573.